The Morgan fingerprint density at radius 3 is 2.17 bits per heavy atom. The Labute approximate surface area is 171 Å². The molecule has 3 aromatic carbocycles. The molecule has 1 atom stereocenters. The van der Waals surface area contributed by atoms with Gasteiger partial charge in [0.2, 0.25) is 0 Å². The highest BCUT2D eigenvalue weighted by Gasteiger charge is 2.20. The van der Waals surface area contributed by atoms with Crippen molar-refractivity contribution in [3.8, 4) is 0 Å². The van der Waals surface area contributed by atoms with Gasteiger partial charge in [0.05, 0.1) is 22.2 Å². The third-order valence-corrected chi connectivity index (χ3v) is 6.04. The van der Waals surface area contributed by atoms with Crippen LogP contribution in [-0.4, -0.2) is 14.3 Å². The van der Waals surface area contributed by atoms with Gasteiger partial charge in [0, 0.05) is 0 Å². The summed E-state index contributed by atoms with van der Waals surface area (Å²) in [5, 5.41) is 3.00. The lowest BCUT2D eigenvalue weighted by Gasteiger charge is -2.19. The minimum absolute atomic E-state index is 0.147. The normalized spacial score (nSPS) is 12.2. The maximum Gasteiger partial charge on any atom is 0.261 e. The van der Waals surface area contributed by atoms with Crippen molar-refractivity contribution in [2.75, 3.05) is 4.72 Å². The molecule has 0 saturated carbocycles. The molecule has 150 valence electrons. The molecule has 0 bridgehead atoms. The Morgan fingerprint density at radius 1 is 0.897 bits per heavy atom. The number of benzene rings is 3. The van der Waals surface area contributed by atoms with Gasteiger partial charge < -0.3 is 5.32 Å². The first-order valence-corrected chi connectivity index (χ1v) is 10.9. The van der Waals surface area contributed by atoms with Crippen molar-refractivity contribution in [3.05, 3.63) is 95.6 Å². The predicted molar refractivity (Wildman–Crippen MR) is 115 cm³/mol. The summed E-state index contributed by atoms with van der Waals surface area (Å²) in [6, 6.07) is 22.7. The number of aryl methyl sites for hydroxylation is 1. The summed E-state index contributed by atoms with van der Waals surface area (Å²) < 4.78 is 28.0. The zero-order valence-electron chi connectivity index (χ0n) is 16.4. The number of carbonyl (C=O) groups excluding carboxylic acids is 1. The van der Waals surface area contributed by atoms with Crippen molar-refractivity contribution >= 4 is 21.6 Å². The van der Waals surface area contributed by atoms with E-state index < -0.39 is 10.0 Å². The second-order valence-electron chi connectivity index (χ2n) is 6.81. The molecule has 0 fully saturated rings. The Morgan fingerprint density at radius 2 is 1.52 bits per heavy atom. The second kappa shape index (κ2) is 8.92. The third-order valence-electron chi connectivity index (χ3n) is 4.66. The second-order valence-corrected chi connectivity index (χ2v) is 8.49. The number of sulfonamides is 1. The molecule has 0 aromatic heterocycles. The molecule has 5 nitrogen and oxygen atoms in total. The lowest BCUT2D eigenvalue weighted by Crippen LogP contribution is -2.29. The molecule has 0 aliphatic carbocycles. The standard InChI is InChI=1S/C23H24N2O3S/c1-3-21(18-9-5-4-6-10-18)24-23(26)20-11-7-8-12-22(20)25-29(27,28)19-15-13-17(2)14-16-19/h4-16,21,25H,3H2,1-2H3,(H,24,26)/t21-/m0/s1. The van der Waals surface area contributed by atoms with E-state index in [0.29, 0.717) is 6.42 Å². The number of hydrogen-bond donors (Lipinski definition) is 2. The van der Waals surface area contributed by atoms with Gasteiger partial charge in [-0.3, -0.25) is 9.52 Å². The maximum absolute atomic E-state index is 12.9. The predicted octanol–water partition coefficient (Wildman–Crippen LogP) is 4.68. The zero-order chi connectivity index (χ0) is 20.9. The van der Waals surface area contributed by atoms with Crippen molar-refractivity contribution in [1.29, 1.82) is 0 Å². The van der Waals surface area contributed by atoms with Crippen LogP contribution < -0.4 is 10.0 Å². The van der Waals surface area contributed by atoms with Gasteiger partial charge in [0.25, 0.3) is 15.9 Å². The van der Waals surface area contributed by atoms with E-state index >= 15 is 0 Å². The molecule has 0 aliphatic heterocycles. The van der Waals surface area contributed by atoms with Gasteiger partial charge in [-0.15, -0.1) is 0 Å². The van der Waals surface area contributed by atoms with Crippen LogP contribution in [-0.2, 0) is 10.0 Å². The van der Waals surface area contributed by atoms with E-state index in [-0.39, 0.29) is 28.1 Å². The summed E-state index contributed by atoms with van der Waals surface area (Å²) >= 11 is 0. The van der Waals surface area contributed by atoms with Crippen molar-refractivity contribution in [2.45, 2.75) is 31.2 Å². The van der Waals surface area contributed by atoms with Crippen LogP contribution in [0.3, 0.4) is 0 Å². The Kier molecular flexibility index (Phi) is 6.34. The molecule has 0 spiro atoms. The van der Waals surface area contributed by atoms with Crippen LogP contribution in [0, 0.1) is 6.92 Å². The highest BCUT2D eigenvalue weighted by molar-refractivity contribution is 7.92. The van der Waals surface area contributed by atoms with Crippen molar-refractivity contribution < 1.29 is 13.2 Å². The number of nitrogens with one attached hydrogen (secondary N) is 2. The molecule has 3 aromatic rings. The highest BCUT2D eigenvalue weighted by atomic mass is 32.2. The fourth-order valence-corrected chi connectivity index (χ4v) is 4.11. The molecule has 1 amide bonds. The molecule has 6 heteroatoms. The molecule has 3 rings (SSSR count). The number of anilines is 1. The summed E-state index contributed by atoms with van der Waals surface area (Å²) in [6.07, 6.45) is 0.715. The van der Waals surface area contributed by atoms with Gasteiger partial charge >= 0.3 is 0 Å². The van der Waals surface area contributed by atoms with Crippen LogP contribution >= 0.6 is 0 Å². The van der Waals surface area contributed by atoms with Crippen molar-refractivity contribution in [2.24, 2.45) is 0 Å². The summed E-state index contributed by atoms with van der Waals surface area (Å²) in [4.78, 5) is 13.1. The largest absolute Gasteiger partial charge is 0.345 e. The molecular weight excluding hydrogens is 384 g/mol. The average molecular weight is 409 g/mol. The van der Waals surface area contributed by atoms with Gasteiger partial charge in [-0.25, -0.2) is 8.42 Å². The molecule has 0 radical (unpaired) electrons. The molecule has 29 heavy (non-hydrogen) atoms. The number of rotatable bonds is 7. The first-order chi connectivity index (χ1) is 13.9. The highest BCUT2D eigenvalue weighted by Crippen LogP contribution is 2.22. The number of carbonyl (C=O) groups is 1. The van der Waals surface area contributed by atoms with E-state index in [1.54, 1.807) is 48.5 Å². The molecule has 0 heterocycles. The van der Waals surface area contributed by atoms with Gasteiger partial charge in [-0.1, -0.05) is 67.1 Å². The monoisotopic (exact) mass is 408 g/mol. The van der Waals surface area contributed by atoms with E-state index in [1.807, 2.05) is 44.2 Å². The molecule has 0 unspecified atom stereocenters. The van der Waals surface area contributed by atoms with Crippen LogP contribution in [0.1, 0.15) is 40.9 Å². The van der Waals surface area contributed by atoms with Crippen molar-refractivity contribution in [3.63, 3.8) is 0 Å². The van der Waals surface area contributed by atoms with E-state index in [0.717, 1.165) is 11.1 Å². The third kappa shape index (κ3) is 5.03. The van der Waals surface area contributed by atoms with E-state index in [2.05, 4.69) is 10.0 Å². The Bertz CT molecular complexity index is 1080. The van der Waals surface area contributed by atoms with Crippen LogP contribution in [0.25, 0.3) is 0 Å². The van der Waals surface area contributed by atoms with Gasteiger partial charge in [0.15, 0.2) is 0 Å². The number of amides is 1. The first kappa shape index (κ1) is 20.6. The topological polar surface area (TPSA) is 75.3 Å². The van der Waals surface area contributed by atoms with E-state index in [4.69, 9.17) is 0 Å². The van der Waals surface area contributed by atoms with Crippen LogP contribution in [0.15, 0.2) is 83.8 Å². The minimum Gasteiger partial charge on any atom is -0.345 e. The van der Waals surface area contributed by atoms with Gasteiger partial charge in [-0.2, -0.15) is 0 Å². The average Bonchev–Trinajstić information content (AvgIpc) is 2.73. The minimum atomic E-state index is -3.80. The lowest BCUT2D eigenvalue weighted by molar-refractivity contribution is 0.0936. The summed E-state index contributed by atoms with van der Waals surface area (Å²) in [5.74, 6) is -0.331. The fourth-order valence-electron chi connectivity index (χ4n) is 3.03. The summed E-state index contributed by atoms with van der Waals surface area (Å²) in [6.45, 7) is 3.88. The Hall–Kier alpha value is -3.12. The fraction of sp³-hybridized carbons (Fsp3) is 0.174. The molecule has 0 saturated heterocycles. The van der Waals surface area contributed by atoms with E-state index in [1.165, 1.54) is 0 Å². The summed E-state index contributed by atoms with van der Waals surface area (Å²) in [7, 11) is -3.80. The van der Waals surface area contributed by atoms with Gasteiger partial charge in [0.1, 0.15) is 0 Å². The van der Waals surface area contributed by atoms with Crippen molar-refractivity contribution in [1.82, 2.24) is 5.32 Å². The van der Waals surface area contributed by atoms with E-state index in [9.17, 15) is 13.2 Å². The van der Waals surface area contributed by atoms with Crippen LogP contribution in [0.4, 0.5) is 5.69 Å². The molecular formula is C23H24N2O3S. The molecule has 0 aliphatic rings. The maximum atomic E-state index is 12.9. The lowest BCUT2D eigenvalue weighted by atomic mass is 10.0. The number of hydrogen-bond acceptors (Lipinski definition) is 3. The quantitative estimate of drug-likeness (QED) is 0.596. The van der Waals surface area contributed by atoms with Gasteiger partial charge in [-0.05, 0) is 43.2 Å². The van der Waals surface area contributed by atoms with Crippen LogP contribution in [0.2, 0.25) is 0 Å². The number of para-hydroxylation sites is 1. The molecule has 2 N–H and O–H groups in total. The Balaban J connectivity index is 1.84. The van der Waals surface area contributed by atoms with Crippen LogP contribution in [0.5, 0.6) is 0 Å². The SMILES string of the molecule is CC[C@H](NC(=O)c1ccccc1NS(=O)(=O)c1ccc(C)cc1)c1ccccc1. The smallest absolute Gasteiger partial charge is 0.261 e. The zero-order valence-corrected chi connectivity index (χ0v) is 17.2. The first-order valence-electron chi connectivity index (χ1n) is 9.45. The summed E-state index contributed by atoms with van der Waals surface area (Å²) in [5.41, 5.74) is 2.49.